The predicted molar refractivity (Wildman–Crippen MR) is 150 cm³/mol. The Morgan fingerprint density at radius 3 is 2.47 bits per heavy atom. The molecule has 2 heterocycles. The third-order valence-corrected chi connectivity index (χ3v) is 7.88. The maximum absolute atomic E-state index is 13.5. The van der Waals surface area contributed by atoms with E-state index in [0.29, 0.717) is 5.57 Å². The zero-order valence-corrected chi connectivity index (χ0v) is 22.2. The molecule has 2 amide bonds. The lowest BCUT2D eigenvalue weighted by Crippen LogP contribution is -2.43. The SMILES string of the molecule is CCCC[C@@H](CC)C(=O)Nc1ccc([C@@H]2C(C(=O)Nc3ccccc3)=C(C)N=C3SCCCN32)cc1. The second kappa shape index (κ2) is 12.3. The molecule has 0 bridgehead atoms. The van der Waals surface area contributed by atoms with E-state index in [0.717, 1.165) is 72.2 Å². The monoisotopic (exact) mass is 504 g/mol. The molecule has 2 atom stereocenters. The fourth-order valence-corrected chi connectivity index (χ4v) is 5.81. The first-order valence-corrected chi connectivity index (χ1v) is 14.0. The highest BCUT2D eigenvalue weighted by Gasteiger charge is 2.37. The fourth-order valence-electron chi connectivity index (χ4n) is 4.79. The summed E-state index contributed by atoms with van der Waals surface area (Å²) in [6.07, 6.45) is 4.94. The van der Waals surface area contributed by atoms with Gasteiger partial charge in [-0.25, -0.2) is 4.99 Å². The van der Waals surface area contributed by atoms with Crippen LogP contribution in [-0.2, 0) is 9.59 Å². The summed E-state index contributed by atoms with van der Waals surface area (Å²) in [5, 5.41) is 7.12. The minimum atomic E-state index is -0.230. The molecule has 1 saturated heterocycles. The van der Waals surface area contributed by atoms with Crippen molar-refractivity contribution in [2.45, 2.75) is 58.9 Å². The number of amidine groups is 1. The van der Waals surface area contributed by atoms with E-state index in [4.69, 9.17) is 4.99 Å². The number of allylic oxidation sites excluding steroid dienone is 1. The van der Waals surface area contributed by atoms with Gasteiger partial charge in [-0.1, -0.05) is 68.8 Å². The van der Waals surface area contributed by atoms with Gasteiger partial charge in [-0.3, -0.25) is 9.59 Å². The quantitative estimate of drug-likeness (QED) is 0.403. The van der Waals surface area contributed by atoms with E-state index in [2.05, 4.69) is 29.4 Å². The minimum Gasteiger partial charge on any atom is -0.340 e. The van der Waals surface area contributed by atoms with Gasteiger partial charge in [0.1, 0.15) is 0 Å². The third-order valence-electron chi connectivity index (χ3n) is 6.80. The van der Waals surface area contributed by atoms with Gasteiger partial charge in [0, 0.05) is 29.6 Å². The van der Waals surface area contributed by atoms with Crippen LogP contribution in [0.15, 0.2) is 70.9 Å². The Labute approximate surface area is 218 Å². The summed E-state index contributed by atoms with van der Waals surface area (Å²) in [7, 11) is 0. The Morgan fingerprint density at radius 1 is 1.06 bits per heavy atom. The molecular weight excluding hydrogens is 468 g/mol. The summed E-state index contributed by atoms with van der Waals surface area (Å²) in [6, 6.07) is 17.2. The van der Waals surface area contributed by atoms with Crippen LogP contribution in [0.2, 0.25) is 0 Å². The first kappa shape index (κ1) is 26.0. The number of carbonyl (C=O) groups excluding carboxylic acids is 2. The highest BCUT2D eigenvalue weighted by Crippen LogP contribution is 2.40. The third kappa shape index (κ3) is 6.01. The number of aliphatic imine (C=N–C) groups is 1. The van der Waals surface area contributed by atoms with E-state index in [1.165, 1.54) is 0 Å². The smallest absolute Gasteiger partial charge is 0.255 e. The van der Waals surface area contributed by atoms with E-state index in [1.54, 1.807) is 11.8 Å². The molecule has 0 unspecified atom stereocenters. The van der Waals surface area contributed by atoms with Crippen molar-refractivity contribution < 1.29 is 9.59 Å². The summed E-state index contributed by atoms with van der Waals surface area (Å²) < 4.78 is 0. The Balaban J connectivity index is 1.59. The molecule has 6 nitrogen and oxygen atoms in total. The van der Waals surface area contributed by atoms with E-state index in [-0.39, 0.29) is 23.8 Å². The van der Waals surface area contributed by atoms with Gasteiger partial charge >= 0.3 is 0 Å². The maximum Gasteiger partial charge on any atom is 0.255 e. The molecule has 4 rings (SSSR count). The first-order chi connectivity index (χ1) is 17.5. The highest BCUT2D eigenvalue weighted by molar-refractivity contribution is 8.13. The summed E-state index contributed by atoms with van der Waals surface area (Å²) in [6.45, 7) is 6.98. The lowest BCUT2D eigenvalue weighted by atomic mass is 9.93. The molecule has 1 fully saturated rings. The van der Waals surface area contributed by atoms with Crippen LogP contribution in [0.4, 0.5) is 11.4 Å². The van der Waals surface area contributed by atoms with Gasteiger partial charge in [0.2, 0.25) is 5.91 Å². The van der Waals surface area contributed by atoms with E-state index >= 15 is 0 Å². The van der Waals surface area contributed by atoms with Crippen LogP contribution in [0.1, 0.15) is 64.5 Å². The second-order valence-electron chi connectivity index (χ2n) is 9.37. The molecule has 7 heteroatoms. The second-order valence-corrected chi connectivity index (χ2v) is 10.4. The van der Waals surface area contributed by atoms with Crippen molar-refractivity contribution in [1.29, 1.82) is 0 Å². The van der Waals surface area contributed by atoms with Gasteiger partial charge in [-0.15, -0.1) is 0 Å². The van der Waals surface area contributed by atoms with Crippen molar-refractivity contribution in [2.24, 2.45) is 10.9 Å². The molecule has 2 aliphatic heterocycles. The van der Waals surface area contributed by atoms with Crippen LogP contribution in [0, 0.1) is 5.92 Å². The molecule has 0 spiro atoms. The zero-order valence-electron chi connectivity index (χ0n) is 21.4. The molecule has 0 aliphatic carbocycles. The molecular formula is C29H36N4O2S. The molecule has 0 radical (unpaired) electrons. The first-order valence-electron chi connectivity index (χ1n) is 13.0. The van der Waals surface area contributed by atoms with Gasteiger partial charge < -0.3 is 15.5 Å². The number of nitrogens with zero attached hydrogens (tertiary/aromatic N) is 2. The van der Waals surface area contributed by atoms with E-state index in [9.17, 15) is 9.59 Å². The number of carbonyl (C=O) groups is 2. The number of anilines is 2. The lowest BCUT2D eigenvalue weighted by Gasteiger charge is -2.41. The van der Waals surface area contributed by atoms with Gasteiger partial charge in [-0.2, -0.15) is 0 Å². The van der Waals surface area contributed by atoms with Crippen LogP contribution in [-0.4, -0.2) is 34.2 Å². The van der Waals surface area contributed by atoms with Crippen LogP contribution >= 0.6 is 11.8 Å². The van der Waals surface area contributed by atoms with Crippen molar-refractivity contribution in [1.82, 2.24) is 4.90 Å². The zero-order chi connectivity index (χ0) is 25.5. The molecule has 2 aromatic carbocycles. The largest absolute Gasteiger partial charge is 0.340 e. The number of amides is 2. The number of hydrogen-bond donors (Lipinski definition) is 2. The predicted octanol–water partition coefficient (Wildman–Crippen LogP) is 6.60. The number of unbranched alkanes of at least 4 members (excludes halogenated alkanes) is 1. The number of fused-ring (bicyclic) bond motifs is 1. The van der Waals surface area contributed by atoms with Crippen molar-refractivity contribution in [2.75, 3.05) is 22.9 Å². The summed E-state index contributed by atoms with van der Waals surface area (Å²) in [5.41, 5.74) is 3.96. The molecule has 36 heavy (non-hydrogen) atoms. The van der Waals surface area contributed by atoms with Crippen LogP contribution in [0.5, 0.6) is 0 Å². The molecule has 2 aromatic rings. The Kier molecular flexibility index (Phi) is 8.86. The number of rotatable bonds is 9. The summed E-state index contributed by atoms with van der Waals surface area (Å²) >= 11 is 1.74. The Hall–Kier alpha value is -3.06. The number of nitrogens with one attached hydrogen (secondary N) is 2. The fraction of sp³-hybridized carbons (Fsp3) is 0.414. The number of thioether (sulfide) groups is 1. The van der Waals surface area contributed by atoms with Gasteiger partial charge in [0.15, 0.2) is 5.17 Å². The van der Waals surface area contributed by atoms with Crippen LogP contribution < -0.4 is 10.6 Å². The Bertz CT molecular complexity index is 1130. The maximum atomic E-state index is 13.5. The average Bonchev–Trinajstić information content (AvgIpc) is 2.89. The molecule has 0 aromatic heterocycles. The normalized spacial score (nSPS) is 18.2. The average molecular weight is 505 g/mol. The van der Waals surface area contributed by atoms with Crippen molar-refractivity contribution in [3.05, 3.63) is 71.4 Å². The topological polar surface area (TPSA) is 73.8 Å². The lowest BCUT2D eigenvalue weighted by molar-refractivity contribution is -0.120. The van der Waals surface area contributed by atoms with E-state index < -0.39 is 0 Å². The van der Waals surface area contributed by atoms with Crippen molar-refractivity contribution in [3.63, 3.8) is 0 Å². The molecule has 2 N–H and O–H groups in total. The summed E-state index contributed by atoms with van der Waals surface area (Å²) in [5.74, 6) is 1.01. The highest BCUT2D eigenvalue weighted by atomic mass is 32.2. The molecule has 0 saturated carbocycles. The molecule has 2 aliphatic rings. The van der Waals surface area contributed by atoms with Crippen LogP contribution in [0.25, 0.3) is 0 Å². The molecule has 190 valence electrons. The van der Waals surface area contributed by atoms with Gasteiger partial charge in [0.25, 0.3) is 5.91 Å². The number of para-hydroxylation sites is 1. The van der Waals surface area contributed by atoms with Crippen molar-refractivity contribution in [3.8, 4) is 0 Å². The Morgan fingerprint density at radius 2 is 1.78 bits per heavy atom. The minimum absolute atomic E-state index is 0.0333. The standard InChI is InChI=1S/C29H36N4O2S/c1-4-6-11-21(5-2)27(34)31-24-16-14-22(15-17-24)26-25(28(35)32-23-12-8-7-9-13-23)20(3)30-29-33(26)18-10-19-36-29/h7-9,12-17,21,26H,4-6,10-11,18-19H2,1-3H3,(H,31,34)(H,32,35)/t21-,26-/m1/s1. The van der Waals surface area contributed by atoms with Gasteiger partial charge in [-0.05, 0) is 56.0 Å². The van der Waals surface area contributed by atoms with Gasteiger partial charge in [0.05, 0.1) is 17.3 Å². The van der Waals surface area contributed by atoms with Crippen molar-refractivity contribution >= 4 is 40.1 Å². The van der Waals surface area contributed by atoms with E-state index in [1.807, 2.05) is 61.5 Å². The van der Waals surface area contributed by atoms with Crippen LogP contribution in [0.3, 0.4) is 0 Å². The number of hydrogen-bond acceptors (Lipinski definition) is 5. The summed E-state index contributed by atoms with van der Waals surface area (Å²) in [4.78, 5) is 33.3. The number of benzene rings is 2.